The number of hydrogen-bond acceptors (Lipinski definition) is 6. The molecule has 2 aromatic heterocycles. The number of nitrogens with zero attached hydrogens (tertiary/aromatic N) is 4. The smallest absolute Gasteiger partial charge is 0.260 e. The van der Waals surface area contributed by atoms with Crippen LogP contribution in [0.3, 0.4) is 0 Å². The fourth-order valence-corrected chi connectivity index (χ4v) is 4.57. The van der Waals surface area contributed by atoms with Crippen molar-refractivity contribution in [1.82, 2.24) is 20.0 Å². The highest BCUT2D eigenvalue weighted by molar-refractivity contribution is 5.78. The zero-order chi connectivity index (χ0) is 22.0. The average Bonchev–Trinajstić information content (AvgIpc) is 3.48. The van der Waals surface area contributed by atoms with Crippen molar-refractivity contribution >= 4 is 5.91 Å². The van der Waals surface area contributed by atoms with Crippen molar-refractivity contribution in [2.24, 2.45) is 5.92 Å². The molecule has 5 rings (SSSR count). The number of piperidine rings is 1. The number of carbonyl (C=O) groups is 1. The SMILES string of the molecule is Cc1cccc(OCC(=O)N2CCC(CC3CC3)(c3noc(-c4ccncc4)n3)CC2)c1. The second-order valence-electron chi connectivity index (χ2n) is 9.07. The van der Waals surface area contributed by atoms with E-state index >= 15 is 0 Å². The molecule has 2 aliphatic rings. The molecule has 0 unspecified atom stereocenters. The first-order valence-electron chi connectivity index (χ1n) is 11.3. The summed E-state index contributed by atoms with van der Waals surface area (Å²) in [4.78, 5) is 23.5. The molecular weight excluding hydrogens is 404 g/mol. The van der Waals surface area contributed by atoms with E-state index in [2.05, 4.69) is 10.1 Å². The minimum atomic E-state index is -0.135. The Bertz CT molecular complexity index is 1070. The molecule has 1 aromatic carbocycles. The fourth-order valence-electron chi connectivity index (χ4n) is 4.57. The van der Waals surface area contributed by atoms with Crippen LogP contribution in [0.1, 0.15) is 43.5 Å². The summed E-state index contributed by atoms with van der Waals surface area (Å²) in [5.74, 6) is 2.79. The first-order chi connectivity index (χ1) is 15.6. The summed E-state index contributed by atoms with van der Waals surface area (Å²) in [6.45, 7) is 3.44. The van der Waals surface area contributed by atoms with Crippen LogP contribution >= 0.6 is 0 Å². The van der Waals surface area contributed by atoms with Crippen molar-refractivity contribution in [1.29, 1.82) is 0 Å². The second-order valence-corrected chi connectivity index (χ2v) is 9.07. The van der Waals surface area contributed by atoms with Crippen molar-refractivity contribution in [3.8, 4) is 17.2 Å². The van der Waals surface area contributed by atoms with E-state index in [0.29, 0.717) is 19.0 Å². The van der Waals surface area contributed by atoms with Crippen LogP contribution in [-0.2, 0) is 10.2 Å². The Morgan fingerprint density at radius 1 is 1.19 bits per heavy atom. The molecule has 7 heteroatoms. The summed E-state index contributed by atoms with van der Waals surface area (Å²) in [6, 6.07) is 11.5. The molecule has 32 heavy (non-hydrogen) atoms. The van der Waals surface area contributed by atoms with Crippen LogP contribution in [0.15, 0.2) is 53.3 Å². The van der Waals surface area contributed by atoms with Gasteiger partial charge in [-0.25, -0.2) is 0 Å². The number of aromatic nitrogens is 3. The van der Waals surface area contributed by atoms with E-state index in [1.54, 1.807) is 12.4 Å². The van der Waals surface area contributed by atoms with E-state index in [0.717, 1.165) is 47.9 Å². The third kappa shape index (κ3) is 4.52. The Hall–Kier alpha value is -3.22. The molecule has 3 heterocycles. The Morgan fingerprint density at radius 3 is 2.69 bits per heavy atom. The van der Waals surface area contributed by atoms with Gasteiger partial charge >= 0.3 is 0 Å². The molecular formula is C25H28N4O3. The van der Waals surface area contributed by atoms with Crippen molar-refractivity contribution in [3.63, 3.8) is 0 Å². The Labute approximate surface area is 187 Å². The molecule has 0 N–H and O–H groups in total. The molecule has 1 saturated carbocycles. The van der Waals surface area contributed by atoms with E-state index in [9.17, 15) is 4.79 Å². The van der Waals surface area contributed by atoms with Gasteiger partial charge < -0.3 is 14.2 Å². The van der Waals surface area contributed by atoms with Crippen LogP contribution in [0, 0.1) is 12.8 Å². The normalized spacial score (nSPS) is 17.8. The summed E-state index contributed by atoms with van der Waals surface area (Å²) in [6.07, 6.45) is 8.73. The highest BCUT2D eigenvalue weighted by Gasteiger charge is 2.44. The lowest BCUT2D eigenvalue weighted by molar-refractivity contribution is -0.135. The van der Waals surface area contributed by atoms with E-state index in [-0.39, 0.29) is 17.9 Å². The highest BCUT2D eigenvalue weighted by Crippen LogP contribution is 2.46. The molecule has 2 fully saturated rings. The van der Waals surface area contributed by atoms with Gasteiger partial charge in [0.05, 0.1) is 0 Å². The molecule has 1 aliphatic heterocycles. The lowest BCUT2D eigenvalue weighted by Crippen LogP contribution is -2.47. The van der Waals surface area contributed by atoms with Crippen LogP contribution in [0.25, 0.3) is 11.5 Å². The molecule has 3 aromatic rings. The van der Waals surface area contributed by atoms with Gasteiger partial charge in [-0.05, 0) is 61.9 Å². The van der Waals surface area contributed by atoms with Crippen LogP contribution in [0.2, 0.25) is 0 Å². The van der Waals surface area contributed by atoms with Crippen molar-refractivity contribution < 1.29 is 14.1 Å². The van der Waals surface area contributed by atoms with Gasteiger partial charge in [-0.3, -0.25) is 9.78 Å². The predicted molar refractivity (Wildman–Crippen MR) is 119 cm³/mol. The van der Waals surface area contributed by atoms with E-state index in [1.807, 2.05) is 48.2 Å². The summed E-state index contributed by atoms with van der Waals surface area (Å²) in [5, 5.41) is 4.39. The molecule has 1 saturated heterocycles. The number of carbonyl (C=O) groups excluding carboxylic acids is 1. The lowest BCUT2D eigenvalue weighted by atomic mass is 9.73. The molecule has 7 nitrogen and oxygen atoms in total. The van der Waals surface area contributed by atoms with Gasteiger partial charge in [0.1, 0.15) is 5.75 Å². The molecule has 166 valence electrons. The van der Waals surface area contributed by atoms with E-state index in [4.69, 9.17) is 14.2 Å². The predicted octanol–water partition coefficient (Wildman–Crippen LogP) is 4.18. The zero-order valence-corrected chi connectivity index (χ0v) is 18.4. The summed E-state index contributed by atoms with van der Waals surface area (Å²) in [5.41, 5.74) is 1.86. The molecule has 0 bridgehead atoms. The van der Waals surface area contributed by atoms with Gasteiger partial charge in [-0.1, -0.05) is 30.1 Å². The van der Waals surface area contributed by atoms with Gasteiger partial charge in [-0.15, -0.1) is 0 Å². The van der Waals surface area contributed by atoms with Gasteiger partial charge in [0, 0.05) is 36.5 Å². The summed E-state index contributed by atoms with van der Waals surface area (Å²) < 4.78 is 11.3. The van der Waals surface area contributed by atoms with E-state index < -0.39 is 0 Å². The van der Waals surface area contributed by atoms with Gasteiger partial charge in [0.15, 0.2) is 12.4 Å². The van der Waals surface area contributed by atoms with Crippen molar-refractivity contribution in [2.45, 2.75) is 44.4 Å². The molecule has 0 atom stereocenters. The molecule has 0 radical (unpaired) electrons. The number of aryl methyl sites for hydroxylation is 1. The number of pyridine rings is 1. The summed E-state index contributed by atoms with van der Waals surface area (Å²) in [7, 11) is 0. The van der Waals surface area contributed by atoms with Crippen LogP contribution in [-0.4, -0.2) is 45.6 Å². The fraction of sp³-hybridized carbons (Fsp3) is 0.440. The van der Waals surface area contributed by atoms with Crippen molar-refractivity contribution in [3.05, 3.63) is 60.2 Å². The molecule has 1 amide bonds. The maximum absolute atomic E-state index is 12.8. The minimum Gasteiger partial charge on any atom is -0.484 e. The van der Waals surface area contributed by atoms with Gasteiger partial charge in [-0.2, -0.15) is 4.98 Å². The van der Waals surface area contributed by atoms with Crippen LogP contribution in [0.4, 0.5) is 0 Å². The number of likely N-dealkylation sites (tertiary alicyclic amines) is 1. The minimum absolute atomic E-state index is 0.0251. The number of hydrogen-bond donors (Lipinski definition) is 0. The van der Waals surface area contributed by atoms with Crippen molar-refractivity contribution in [2.75, 3.05) is 19.7 Å². The van der Waals surface area contributed by atoms with Crippen LogP contribution in [0.5, 0.6) is 5.75 Å². The quantitative estimate of drug-likeness (QED) is 0.557. The lowest BCUT2D eigenvalue weighted by Gasteiger charge is -2.40. The van der Waals surface area contributed by atoms with Gasteiger partial charge in [0.25, 0.3) is 11.8 Å². The van der Waals surface area contributed by atoms with Gasteiger partial charge in [0.2, 0.25) is 0 Å². The zero-order valence-electron chi connectivity index (χ0n) is 18.4. The number of benzene rings is 1. The maximum atomic E-state index is 12.8. The topological polar surface area (TPSA) is 81.4 Å². The Kier molecular flexibility index (Phi) is 5.64. The monoisotopic (exact) mass is 432 g/mol. The highest BCUT2D eigenvalue weighted by atomic mass is 16.5. The number of rotatable bonds is 7. The molecule has 1 aliphatic carbocycles. The number of amides is 1. The first-order valence-corrected chi connectivity index (χ1v) is 11.3. The first kappa shape index (κ1) is 20.7. The van der Waals surface area contributed by atoms with Crippen LogP contribution < -0.4 is 4.74 Å². The second kappa shape index (κ2) is 8.73. The Morgan fingerprint density at radius 2 is 1.97 bits per heavy atom. The maximum Gasteiger partial charge on any atom is 0.260 e. The Balaban J connectivity index is 1.25. The number of ether oxygens (including phenoxy) is 1. The summed E-state index contributed by atoms with van der Waals surface area (Å²) >= 11 is 0. The molecule has 0 spiro atoms. The third-order valence-electron chi connectivity index (χ3n) is 6.63. The third-order valence-corrected chi connectivity index (χ3v) is 6.63. The standard InChI is InChI=1S/C25H28N4O3/c1-18-3-2-4-21(15-18)31-17-22(30)29-13-9-25(10-14-29,16-19-5-6-19)24-27-23(32-28-24)20-7-11-26-12-8-20/h2-4,7-8,11-12,15,19H,5-6,9-10,13-14,16-17H2,1H3. The van der Waals surface area contributed by atoms with E-state index in [1.165, 1.54) is 12.8 Å². The average molecular weight is 433 g/mol. The largest absolute Gasteiger partial charge is 0.484 e.